The Labute approximate surface area is 214 Å². The fourth-order valence-electron chi connectivity index (χ4n) is 11.4. The SMILES string of the molecule is CC(=O)O[C@H]1CC[C@]23C[C@@]24CC[C@]2(C)[C@@H]([C@H](C)CCCC(C)C)CC[C@@]2(C)[C@@H]4C(=O)C[C@H]3C1(C)C. The molecule has 198 valence electrons. The molecule has 5 aliphatic rings. The Bertz CT molecular complexity index is 889. The van der Waals surface area contributed by atoms with Gasteiger partial charge >= 0.3 is 5.97 Å². The van der Waals surface area contributed by atoms with Crippen molar-refractivity contribution in [1.29, 1.82) is 0 Å². The van der Waals surface area contributed by atoms with Gasteiger partial charge in [-0.05, 0) is 90.3 Å². The van der Waals surface area contributed by atoms with Crippen LogP contribution in [0.15, 0.2) is 0 Å². The molecule has 0 aromatic heterocycles. The maximum absolute atomic E-state index is 14.2. The van der Waals surface area contributed by atoms with Gasteiger partial charge in [-0.2, -0.15) is 0 Å². The van der Waals surface area contributed by atoms with E-state index in [4.69, 9.17) is 4.74 Å². The molecule has 9 atom stereocenters. The monoisotopic (exact) mass is 484 g/mol. The van der Waals surface area contributed by atoms with Crippen molar-refractivity contribution in [3.05, 3.63) is 0 Å². The first kappa shape index (κ1) is 25.8. The molecular weight excluding hydrogens is 432 g/mol. The Hall–Kier alpha value is -0.860. The first-order valence-corrected chi connectivity index (χ1v) is 15.0. The van der Waals surface area contributed by atoms with Crippen molar-refractivity contribution in [2.24, 2.45) is 56.7 Å². The molecule has 35 heavy (non-hydrogen) atoms. The van der Waals surface area contributed by atoms with Crippen LogP contribution < -0.4 is 0 Å². The van der Waals surface area contributed by atoms with Gasteiger partial charge in [0.2, 0.25) is 0 Å². The molecule has 0 amide bonds. The second-order valence-corrected chi connectivity index (χ2v) is 15.4. The topological polar surface area (TPSA) is 43.4 Å². The lowest BCUT2D eigenvalue weighted by Crippen LogP contribution is -2.61. The van der Waals surface area contributed by atoms with Crippen LogP contribution in [0.1, 0.15) is 126 Å². The molecule has 0 bridgehead atoms. The van der Waals surface area contributed by atoms with Crippen molar-refractivity contribution in [3.8, 4) is 0 Å². The Balaban J connectivity index is 1.42. The van der Waals surface area contributed by atoms with Crippen LogP contribution in [-0.2, 0) is 14.3 Å². The molecule has 0 unspecified atom stereocenters. The summed E-state index contributed by atoms with van der Waals surface area (Å²) in [6, 6.07) is 0. The van der Waals surface area contributed by atoms with Crippen LogP contribution in [0.25, 0.3) is 0 Å². The third-order valence-corrected chi connectivity index (χ3v) is 13.3. The molecular formula is C32H52O3. The van der Waals surface area contributed by atoms with Crippen molar-refractivity contribution < 1.29 is 14.3 Å². The number of hydrogen-bond donors (Lipinski definition) is 0. The highest BCUT2D eigenvalue weighted by atomic mass is 16.5. The van der Waals surface area contributed by atoms with Crippen LogP contribution in [0, 0.1) is 56.7 Å². The zero-order valence-corrected chi connectivity index (χ0v) is 24.0. The fourth-order valence-corrected chi connectivity index (χ4v) is 11.4. The molecule has 0 aromatic carbocycles. The largest absolute Gasteiger partial charge is 0.462 e. The van der Waals surface area contributed by atoms with Gasteiger partial charge in [0.05, 0.1) is 0 Å². The number of Topliss-reactive ketones (excluding diaryl/α,β-unsaturated/α-hetero) is 1. The van der Waals surface area contributed by atoms with Gasteiger partial charge in [-0.25, -0.2) is 0 Å². The second-order valence-electron chi connectivity index (χ2n) is 15.4. The van der Waals surface area contributed by atoms with Crippen LogP contribution in [-0.4, -0.2) is 17.9 Å². The predicted molar refractivity (Wildman–Crippen MR) is 141 cm³/mol. The number of ether oxygens (including phenoxy) is 1. The number of ketones is 1. The predicted octanol–water partition coefficient (Wildman–Crippen LogP) is 8.00. The molecule has 0 aromatic rings. The van der Waals surface area contributed by atoms with Crippen LogP contribution in [0.2, 0.25) is 0 Å². The summed E-state index contributed by atoms with van der Waals surface area (Å²) < 4.78 is 5.83. The minimum absolute atomic E-state index is 0.0513. The van der Waals surface area contributed by atoms with Crippen LogP contribution in [0.3, 0.4) is 0 Å². The van der Waals surface area contributed by atoms with Crippen LogP contribution in [0.5, 0.6) is 0 Å². The van der Waals surface area contributed by atoms with Gasteiger partial charge < -0.3 is 4.74 Å². The summed E-state index contributed by atoms with van der Waals surface area (Å²) in [6.45, 7) is 18.4. The minimum atomic E-state index is -0.176. The number of esters is 1. The second kappa shape index (κ2) is 8.07. The van der Waals surface area contributed by atoms with Crippen molar-refractivity contribution in [1.82, 2.24) is 0 Å². The highest BCUT2D eigenvalue weighted by Crippen LogP contribution is 2.88. The molecule has 0 aliphatic heterocycles. The zero-order valence-electron chi connectivity index (χ0n) is 24.0. The summed E-state index contributed by atoms with van der Waals surface area (Å²) >= 11 is 0. The lowest BCUT2D eigenvalue weighted by Gasteiger charge is -2.62. The van der Waals surface area contributed by atoms with E-state index in [0.29, 0.717) is 23.5 Å². The molecule has 0 N–H and O–H groups in total. The summed E-state index contributed by atoms with van der Waals surface area (Å²) in [7, 11) is 0. The summed E-state index contributed by atoms with van der Waals surface area (Å²) in [6.07, 6.45) is 13.1. The Kier molecular flexibility index (Phi) is 5.94. The summed E-state index contributed by atoms with van der Waals surface area (Å²) in [5.74, 6) is 3.29. The van der Waals surface area contributed by atoms with Gasteiger partial charge in [0.25, 0.3) is 0 Å². The first-order chi connectivity index (χ1) is 16.3. The third kappa shape index (κ3) is 3.34. The average molecular weight is 485 g/mol. The molecule has 3 heteroatoms. The van der Waals surface area contributed by atoms with E-state index in [9.17, 15) is 9.59 Å². The van der Waals surface area contributed by atoms with E-state index in [2.05, 4.69) is 48.5 Å². The summed E-state index contributed by atoms with van der Waals surface area (Å²) in [4.78, 5) is 26.1. The number of carbonyl (C=O) groups excluding carboxylic acids is 2. The van der Waals surface area contributed by atoms with Crippen LogP contribution in [0.4, 0.5) is 0 Å². The Morgan fingerprint density at radius 2 is 1.66 bits per heavy atom. The molecule has 0 heterocycles. The highest BCUT2D eigenvalue weighted by Gasteiger charge is 2.84. The van der Waals surface area contributed by atoms with Crippen molar-refractivity contribution in [3.63, 3.8) is 0 Å². The molecule has 5 saturated carbocycles. The quantitative estimate of drug-likeness (QED) is 0.359. The lowest BCUT2D eigenvalue weighted by molar-refractivity contribution is -0.184. The smallest absolute Gasteiger partial charge is 0.302 e. The Morgan fingerprint density at radius 1 is 0.943 bits per heavy atom. The molecule has 5 fully saturated rings. The zero-order chi connectivity index (χ0) is 25.6. The standard InChI is InChI=1S/C32H52O3/c1-20(2)10-9-11-21(3)23-12-14-30(8)27-24(34)18-25-28(5,6)26(35-22(4)33)13-15-31(25)19-32(27,31)17-16-29(23,30)7/h20-21,23,25-27H,9-19H2,1-8H3/t21-,23-,25+,26+,27+,29-,30+,31-,32-/m1/s1. The van der Waals surface area contributed by atoms with E-state index in [1.165, 1.54) is 58.3 Å². The van der Waals surface area contributed by atoms with Gasteiger partial charge in [-0.15, -0.1) is 0 Å². The summed E-state index contributed by atoms with van der Waals surface area (Å²) in [5.41, 5.74) is 0.826. The molecule has 5 rings (SSSR count). The number of carbonyl (C=O) groups is 2. The van der Waals surface area contributed by atoms with Crippen LogP contribution >= 0.6 is 0 Å². The number of rotatable bonds is 6. The molecule has 5 aliphatic carbocycles. The number of hydrogen-bond acceptors (Lipinski definition) is 3. The highest BCUT2D eigenvalue weighted by molar-refractivity contribution is 5.86. The maximum Gasteiger partial charge on any atom is 0.302 e. The maximum atomic E-state index is 14.2. The Morgan fingerprint density at radius 3 is 2.31 bits per heavy atom. The average Bonchev–Trinajstić information content (AvgIpc) is 3.31. The van der Waals surface area contributed by atoms with E-state index in [0.717, 1.165) is 30.6 Å². The van der Waals surface area contributed by atoms with Gasteiger partial charge in [0, 0.05) is 24.7 Å². The van der Waals surface area contributed by atoms with E-state index in [1.807, 2.05) is 0 Å². The molecule has 3 nitrogen and oxygen atoms in total. The first-order valence-electron chi connectivity index (χ1n) is 15.0. The minimum Gasteiger partial charge on any atom is -0.462 e. The van der Waals surface area contributed by atoms with E-state index < -0.39 is 0 Å². The van der Waals surface area contributed by atoms with Crippen molar-refractivity contribution in [2.45, 2.75) is 132 Å². The normalized spacial score (nSPS) is 48.4. The van der Waals surface area contributed by atoms with Gasteiger partial charge in [-0.1, -0.05) is 67.7 Å². The van der Waals surface area contributed by atoms with Gasteiger partial charge in [0.1, 0.15) is 11.9 Å². The van der Waals surface area contributed by atoms with Crippen molar-refractivity contribution in [2.75, 3.05) is 0 Å². The van der Waals surface area contributed by atoms with Gasteiger partial charge in [-0.3, -0.25) is 9.59 Å². The third-order valence-electron chi connectivity index (χ3n) is 13.3. The van der Waals surface area contributed by atoms with Gasteiger partial charge in [0.15, 0.2) is 0 Å². The van der Waals surface area contributed by atoms with E-state index in [-0.39, 0.29) is 39.7 Å². The van der Waals surface area contributed by atoms with E-state index >= 15 is 0 Å². The summed E-state index contributed by atoms with van der Waals surface area (Å²) in [5, 5.41) is 0. The molecule has 0 radical (unpaired) electrons. The number of fused-ring (bicyclic) bond motifs is 2. The fraction of sp³-hybridized carbons (Fsp3) is 0.938. The van der Waals surface area contributed by atoms with E-state index in [1.54, 1.807) is 0 Å². The molecule has 2 spiro atoms. The van der Waals surface area contributed by atoms with Crippen molar-refractivity contribution >= 4 is 11.8 Å². The lowest BCUT2D eigenvalue weighted by atomic mass is 9.41. The molecule has 0 saturated heterocycles.